The molecule has 0 saturated carbocycles. The number of nitrogens with zero attached hydrogens (tertiary/aromatic N) is 3. The van der Waals surface area contributed by atoms with Gasteiger partial charge in [0.2, 0.25) is 5.95 Å². The number of hydrogen-bond donors (Lipinski definition) is 1. The van der Waals surface area contributed by atoms with Crippen LogP contribution < -0.4 is 10.6 Å². The molecule has 1 atom stereocenters. The fraction of sp³-hybridized carbons (Fsp3) is 0.636. The molecule has 1 unspecified atom stereocenters. The van der Waals surface area contributed by atoms with Gasteiger partial charge in [-0.05, 0) is 31.9 Å². The average molecular weight is 208 g/mol. The van der Waals surface area contributed by atoms with Crippen LogP contribution in [0, 0.1) is 0 Å². The van der Waals surface area contributed by atoms with Crippen molar-refractivity contribution in [1.29, 1.82) is 0 Å². The molecule has 1 aromatic rings. The molecule has 0 saturated heterocycles. The summed E-state index contributed by atoms with van der Waals surface area (Å²) >= 11 is 0. The minimum absolute atomic E-state index is 0.329. The third-order valence-electron chi connectivity index (χ3n) is 2.63. The van der Waals surface area contributed by atoms with Crippen LogP contribution in [0.5, 0.6) is 0 Å². The Kier molecular flexibility index (Phi) is 4.49. The van der Waals surface area contributed by atoms with Crippen molar-refractivity contribution in [3.63, 3.8) is 0 Å². The van der Waals surface area contributed by atoms with Crippen LogP contribution in [0.2, 0.25) is 0 Å². The summed E-state index contributed by atoms with van der Waals surface area (Å²) in [6, 6.07) is 0. The lowest BCUT2D eigenvalue weighted by molar-refractivity contribution is 0.753. The van der Waals surface area contributed by atoms with Crippen molar-refractivity contribution in [3.8, 4) is 0 Å². The third-order valence-corrected chi connectivity index (χ3v) is 2.63. The van der Waals surface area contributed by atoms with Gasteiger partial charge in [-0.25, -0.2) is 9.97 Å². The van der Waals surface area contributed by atoms with Crippen LogP contribution in [0.3, 0.4) is 0 Å². The number of hydrogen-bond acceptors (Lipinski definition) is 4. The van der Waals surface area contributed by atoms with E-state index in [-0.39, 0.29) is 0 Å². The second-order valence-electron chi connectivity index (χ2n) is 3.63. The van der Waals surface area contributed by atoms with Gasteiger partial charge in [0.05, 0.1) is 0 Å². The third kappa shape index (κ3) is 2.89. The second kappa shape index (κ2) is 5.66. The van der Waals surface area contributed by atoms with E-state index < -0.39 is 0 Å². The van der Waals surface area contributed by atoms with Crippen molar-refractivity contribution in [1.82, 2.24) is 9.97 Å². The van der Waals surface area contributed by atoms with Crippen molar-refractivity contribution in [3.05, 3.63) is 18.0 Å². The monoisotopic (exact) mass is 208 g/mol. The maximum Gasteiger partial charge on any atom is 0.225 e. The topological polar surface area (TPSA) is 55.0 Å². The van der Waals surface area contributed by atoms with Crippen molar-refractivity contribution in [2.45, 2.75) is 26.7 Å². The van der Waals surface area contributed by atoms with E-state index in [1.165, 1.54) is 0 Å². The zero-order chi connectivity index (χ0) is 11.3. The maximum atomic E-state index is 5.59. The number of rotatable bonds is 5. The standard InChI is InChI=1S/C11H20N4/c1-4-15(5-2)11-13-7-10(8-14-11)9(3)6-12/h7-9H,4-6,12H2,1-3H3. The van der Waals surface area contributed by atoms with Gasteiger partial charge in [-0.3, -0.25) is 0 Å². The van der Waals surface area contributed by atoms with Gasteiger partial charge in [0.1, 0.15) is 0 Å². The number of aromatic nitrogens is 2. The Morgan fingerprint density at radius 3 is 2.20 bits per heavy atom. The SMILES string of the molecule is CCN(CC)c1ncc(C(C)CN)cn1. The van der Waals surface area contributed by atoms with E-state index in [0.717, 1.165) is 24.6 Å². The number of nitrogens with two attached hydrogens (primary N) is 1. The highest BCUT2D eigenvalue weighted by Gasteiger charge is 2.07. The fourth-order valence-electron chi connectivity index (χ4n) is 1.39. The molecular weight excluding hydrogens is 188 g/mol. The van der Waals surface area contributed by atoms with Gasteiger partial charge in [0.15, 0.2) is 0 Å². The summed E-state index contributed by atoms with van der Waals surface area (Å²) in [6.45, 7) is 8.78. The molecule has 0 aromatic carbocycles. The summed E-state index contributed by atoms with van der Waals surface area (Å²) in [5.74, 6) is 1.13. The van der Waals surface area contributed by atoms with Crippen molar-refractivity contribution >= 4 is 5.95 Å². The van der Waals surface area contributed by atoms with Gasteiger partial charge >= 0.3 is 0 Å². The Labute approximate surface area is 91.5 Å². The van der Waals surface area contributed by atoms with Gasteiger partial charge < -0.3 is 10.6 Å². The van der Waals surface area contributed by atoms with Gasteiger partial charge in [-0.1, -0.05) is 6.92 Å². The average Bonchev–Trinajstić information content (AvgIpc) is 2.30. The van der Waals surface area contributed by atoms with Crippen molar-refractivity contribution < 1.29 is 0 Å². The summed E-state index contributed by atoms with van der Waals surface area (Å²) in [5, 5.41) is 0. The molecule has 0 radical (unpaired) electrons. The minimum Gasteiger partial charge on any atom is -0.341 e. The van der Waals surface area contributed by atoms with E-state index in [1.807, 2.05) is 12.4 Å². The van der Waals surface area contributed by atoms with E-state index in [2.05, 4.69) is 35.6 Å². The Balaban J connectivity index is 2.79. The Morgan fingerprint density at radius 2 is 1.80 bits per heavy atom. The first-order valence-electron chi connectivity index (χ1n) is 5.49. The lowest BCUT2D eigenvalue weighted by Gasteiger charge is -2.18. The van der Waals surface area contributed by atoms with Crippen LogP contribution in [0.4, 0.5) is 5.95 Å². The Bertz CT molecular complexity index is 279. The van der Waals surface area contributed by atoms with E-state index in [9.17, 15) is 0 Å². The zero-order valence-corrected chi connectivity index (χ0v) is 9.77. The molecule has 0 amide bonds. The summed E-state index contributed by atoms with van der Waals surface area (Å²) in [6.07, 6.45) is 3.75. The molecule has 0 bridgehead atoms. The molecule has 0 aliphatic rings. The number of anilines is 1. The quantitative estimate of drug-likeness (QED) is 0.794. The highest BCUT2D eigenvalue weighted by Crippen LogP contribution is 2.13. The molecule has 0 aliphatic carbocycles. The van der Waals surface area contributed by atoms with Crippen LogP contribution in [-0.2, 0) is 0 Å². The smallest absolute Gasteiger partial charge is 0.225 e. The molecule has 1 heterocycles. The van der Waals surface area contributed by atoms with E-state index >= 15 is 0 Å². The zero-order valence-electron chi connectivity index (χ0n) is 9.77. The van der Waals surface area contributed by atoms with E-state index in [4.69, 9.17) is 5.73 Å². The molecular formula is C11H20N4. The van der Waals surface area contributed by atoms with E-state index in [1.54, 1.807) is 0 Å². The summed E-state index contributed by atoms with van der Waals surface area (Å²) in [4.78, 5) is 10.8. The Hall–Kier alpha value is -1.16. The minimum atomic E-state index is 0.329. The predicted octanol–water partition coefficient (Wildman–Crippen LogP) is 1.39. The molecule has 2 N–H and O–H groups in total. The van der Waals surface area contributed by atoms with Gasteiger partial charge in [0, 0.05) is 25.5 Å². The first-order valence-corrected chi connectivity index (χ1v) is 5.49. The van der Waals surface area contributed by atoms with Gasteiger partial charge in [-0.2, -0.15) is 0 Å². The van der Waals surface area contributed by atoms with Crippen molar-refractivity contribution in [2.75, 3.05) is 24.5 Å². The molecule has 0 aliphatic heterocycles. The van der Waals surface area contributed by atoms with Crippen LogP contribution >= 0.6 is 0 Å². The molecule has 1 aromatic heterocycles. The van der Waals surface area contributed by atoms with Crippen LogP contribution in [0.15, 0.2) is 12.4 Å². The second-order valence-corrected chi connectivity index (χ2v) is 3.63. The fourth-order valence-corrected chi connectivity index (χ4v) is 1.39. The highest BCUT2D eigenvalue weighted by atomic mass is 15.2. The normalized spacial score (nSPS) is 12.5. The first-order chi connectivity index (χ1) is 7.22. The van der Waals surface area contributed by atoms with Gasteiger partial charge in [-0.15, -0.1) is 0 Å². The van der Waals surface area contributed by atoms with Gasteiger partial charge in [0.25, 0.3) is 0 Å². The molecule has 1 rings (SSSR count). The summed E-state index contributed by atoms with van der Waals surface area (Å²) < 4.78 is 0. The van der Waals surface area contributed by atoms with Crippen LogP contribution in [-0.4, -0.2) is 29.6 Å². The molecule has 15 heavy (non-hydrogen) atoms. The summed E-state index contributed by atoms with van der Waals surface area (Å²) in [7, 11) is 0. The molecule has 4 nitrogen and oxygen atoms in total. The first kappa shape index (κ1) is 11.9. The van der Waals surface area contributed by atoms with Crippen LogP contribution in [0.25, 0.3) is 0 Å². The molecule has 84 valence electrons. The molecule has 0 fully saturated rings. The predicted molar refractivity (Wildman–Crippen MR) is 63.1 cm³/mol. The van der Waals surface area contributed by atoms with Crippen LogP contribution in [0.1, 0.15) is 32.3 Å². The largest absolute Gasteiger partial charge is 0.341 e. The Morgan fingerprint density at radius 1 is 1.27 bits per heavy atom. The maximum absolute atomic E-state index is 5.59. The summed E-state index contributed by atoms with van der Waals surface area (Å²) in [5.41, 5.74) is 6.69. The molecule has 0 spiro atoms. The highest BCUT2D eigenvalue weighted by molar-refractivity contribution is 5.29. The van der Waals surface area contributed by atoms with E-state index in [0.29, 0.717) is 12.5 Å². The van der Waals surface area contributed by atoms with Crippen molar-refractivity contribution in [2.24, 2.45) is 5.73 Å². The lowest BCUT2D eigenvalue weighted by Crippen LogP contribution is -2.24. The lowest BCUT2D eigenvalue weighted by atomic mass is 10.1. The molecule has 4 heteroatoms.